The van der Waals surface area contributed by atoms with E-state index >= 15 is 51.9 Å². The number of halogens is 9. The van der Waals surface area contributed by atoms with Crippen LogP contribution in [0.25, 0.3) is 0 Å². The highest BCUT2D eigenvalue weighted by Gasteiger charge is 2.56. The van der Waals surface area contributed by atoms with Crippen molar-refractivity contribution in [3.05, 3.63) is 0 Å². The minimum Gasteiger partial charge on any atom is -0.377 e. The van der Waals surface area contributed by atoms with Crippen LogP contribution in [0.2, 0.25) is 0 Å². The highest BCUT2D eigenvalue weighted by atomic mass is 35.5. The molecule has 25 nitrogen and oxygen atoms in total. The van der Waals surface area contributed by atoms with Gasteiger partial charge in [0, 0.05) is 87.9 Å². The molecule has 8 fully saturated rings. The summed E-state index contributed by atoms with van der Waals surface area (Å²) in [6.45, 7) is 3.38. The molecule has 5 saturated carbocycles. The number of likely N-dealkylation sites (N-methyl/N-ethyl adjacent to an activating group) is 7. The summed E-state index contributed by atoms with van der Waals surface area (Å²) in [6, 6.07) is -11.4. The van der Waals surface area contributed by atoms with E-state index < -0.39 is 235 Å². The molecule has 4 unspecified atom stereocenters. The van der Waals surface area contributed by atoms with Gasteiger partial charge in [-0.2, -0.15) is 26.3 Å². The highest BCUT2D eigenvalue weighted by Crippen LogP contribution is 2.46. The van der Waals surface area contributed by atoms with E-state index in [4.69, 9.17) is 16.3 Å². The van der Waals surface area contributed by atoms with E-state index in [0.717, 1.165) is 37.3 Å². The lowest BCUT2D eigenvalue weighted by Gasteiger charge is -2.46. The van der Waals surface area contributed by atoms with E-state index in [2.05, 4.69) is 16.0 Å². The molecule has 12 amide bonds. The van der Waals surface area contributed by atoms with Crippen LogP contribution in [0.1, 0.15) is 201 Å². The zero-order valence-corrected chi connectivity index (χ0v) is 67.8. The molecule has 8 aliphatic rings. The molecule has 8 rings (SSSR count). The summed E-state index contributed by atoms with van der Waals surface area (Å²) in [5, 5.41) is 8.09. The topological polar surface area (TPSA) is 279 Å². The summed E-state index contributed by atoms with van der Waals surface area (Å²) in [4.78, 5) is 193. The fourth-order valence-electron chi connectivity index (χ4n) is 18.6. The number of amides is 12. The summed E-state index contributed by atoms with van der Waals surface area (Å²) < 4.78 is 122. The molecular weight excluding hydrogens is 1500 g/mol. The second-order valence-corrected chi connectivity index (χ2v) is 34.2. The number of nitrogens with one attached hydrogen (secondary N) is 3. The quantitative estimate of drug-likeness (QED) is 0.118. The fourth-order valence-corrected chi connectivity index (χ4v) is 19.0. The molecule has 34 heteroatoms. The van der Waals surface area contributed by atoms with Gasteiger partial charge in [-0.05, 0) is 159 Å². The maximum Gasteiger partial charge on any atom is 0.397 e. The van der Waals surface area contributed by atoms with E-state index in [9.17, 15) is 40.7 Å². The number of carbonyl (C=O) groups excluding carboxylic acids is 12. The first-order chi connectivity index (χ1) is 52.6. The van der Waals surface area contributed by atoms with Crippen LogP contribution in [0.5, 0.6) is 0 Å². The predicted octanol–water partition coefficient (Wildman–Crippen LogP) is 7.72. The Hall–Kier alpha value is -6.67. The lowest BCUT2D eigenvalue weighted by Crippen LogP contribution is -2.68. The van der Waals surface area contributed by atoms with Gasteiger partial charge in [0.1, 0.15) is 72.1 Å². The van der Waals surface area contributed by atoms with Crippen molar-refractivity contribution in [1.29, 1.82) is 0 Å². The summed E-state index contributed by atoms with van der Waals surface area (Å²) in [5.74, 6) is -17.0. The van der Waals surface area contributed by atoms with Crippen molar-refractivity contribution in [2.24, 2.45) is 41.4 Å². The molecule has 0 radical (unpaired) electrons. The Bertz CT molecular complexity index is 3310. The van der Waals surface area contributed by atoms with Gasteiger partial charge < -0.3 is 64.8 Å². The van der Waals surface area contributed by atoms with Crippen molar-refractivity contribution in [3.63, 3.8) is 0 Å². The van der Waals surface area contributed by atoms with Crippen LogP contribution in [0.4, 0.5) is 35.1 Å². The number of carbonyl (C=O) groups is 12. The van der Waals surface area contributed by atoms with Gasteiger partial charge >= 0.3 is 12.4 Å². The summed E-state index contributed by atoms with van der Waals surface area (Å²) in [7, 11) is 11.0. The second-order valence-electron chi connectivity index (χ2n) is 33.7. The summed E-state index contributed by atoms with van der Waals surface area (Å²) >= 11 is 7.00. The van der Waals surface area contributed by atoms with Crippen molar-refractivity contribution >= 4 is 82.5 Å². The monoisotopic (exact) mass is 1620 g/mol. The molecule has 112 heavy (non-hydrogen) atoms. The van der Waals surface area contributed by atoms with Gasteiger partial charge in [-0.3, -0.25) is 57.5 Å². The van der Waals surface area contributed by atoms with Crippen LogP contribution in [0.3, 0.4) is 0 Å². The Morgan fingerprint density at radius 3 is 1.79 bits per heavy atom. The van der Waals surface area contributed by atoms with Gasteiger partial charge in [-0.1, -0.05) is 58.8 Å². The molecule has 3 heterocycles. The van der Waals surface area contributed by atoms with Crippen LogP contribution in [-0.4, -0.2) is 294 Å². The first kappa shape index (κ1) is 90.9. The number of ether oxygens (including phenoxy) is 1. The Labute approximate surface area is 658 Å². The molecule has 1 spiro atoms. The van der Waals surface area contributed by atoms with E-state index in [1.165, 1.54) is 76.0 Å². The van der Waals surface area contributed by atoms with Gasteiger partial charge in [-0.25, -0.2) is 8.78 Å². The molecule has 3 N–H and O–H groups in total. The number of hydrogen-bond acceptors (Lipinski definition) is 13. The third-order valence-corrected chi connectivity index (χ3v) is 26.4. The van der Waals surface area contributed by atoms with Gasteiger partial charge in [0.25, 0.3) is 0 Å². The minimum absolute atomic E-state index is 0.00562. The molecule has 14 atom stereocenters. The third-order valence-electron chi connectivity index (χ3n) is 25.9. The van der Waals surface area contributed by atoms with Gasteiger partial charge in [0.05, 0.1) is 31.5 Å². The van der Waals surface area contributed by atoms with Crippen LogP contribution < -0.4 is 16.0 Å². The van der Waals surface area contributed by atoms with E-state index in [-0.39, 0.29) is 96.2 Å². The molecule has 0 aromatic rings. The molecular formula is C78H121ClF8N12O13. The summed E-state index contributed by atoms with van der Waals surface area (Å²) in [6.07, 6.45) is -12.5. The summed E-state index contributed by atoms with van der Waals surface area (Å²) in [5.41, 5.74) is -1.70. The van der Waals surface area contributed by atoms with E-state index in [1.54, 1.807) is 20.8 Å². The Balaban J connectivity index is 1.21. The standard InChI is InChI=1S/C78H121ClF8N12O13/c1-12-45(3)65-73(109)93(7)44-63(102)94(8)56-26-15-14-20-35-98(72(56)108)60(38-46-27-30-50(31-28-46)77(82,83)84)71(107)92(6)43-61(100)88-55(32-29-47-36-53(80)64(54(81)37-47)78(85,86)87)69(105)99-42-51(112-13-2)40-58(99)68(104)90-76(33-21-34-76)75(111)97(11)66(48-22-16-17-23-48)74(110)96(10)59(70(106)91(4)5)41-62(101)95(9)57(67(103)89-65)39-49-24-18-19-25-52(49)79/h45-60,64-66H,12-44H2,1-11H3,(H,88,100)(H,89,103)(H,90,104)/t45-,46?,47?,49?,50?,51+,52?,53?,54?,55-,56-,57-,58-,59-,60-,64?,65-,66-/m0/s1. The van der Waals surface area contributed by atoms with E-state index in [0.29, 0.717) is 70.6 Å². The molecule has 5 aliphatic carbocycles. The number of fused-ring (bicyclic) bond motifs is 3. The normalized spacial score (nSPS) is 33.2. The largest absolute Gasteiger partial charge is 0.397 e. The zero-order valence-electron chi connectivity index (χ0n) is 67.0. The highest BCUT2D eigenvalue weighted by molar-refractivity contribution is 6.20. The van der Waals surface area contributed by atoms with E-state index in [1.807, 2.05) is 0 Å². The number of alkyl halides is 9. The second kappa shape index (κ2) is 39.3. The zero-order chi connectivity index (χ0) is 82.8. The smallest absolute Gasteiger partial charge is 0.377 e. The average Bonchev–Trinajstić information content (AvgIpc) is 1.24. The molecule has 3 aliphatic heterocycles. The number of nitrogens with zero attached hydrogens (tertiary/aromatic N) is 9. The van der Waals surface area contributed by atoms with Crippen molar-refractivity contribution < 1.29 is 97.4 Å². The van der Waals surface area contributed by atoms with Crippen molar-refractivity contribution in [3.8, 4) is 0 Å². The Morgan fingerprint density at radius 1 is 0.598 bits per heavy atom. The maximum atomic E-state index is 15.6. The maximum absolute atomic E-state index is 15.6. The van der Waals surface area contributed by atoms with Gasteiger partial charge in [0.15, 0.2) is 0 Å². The first-order valence-corrected chi connectivity index (χ1v) is 41.0. The lowest BCUT2D eigenvalue weighted by molar-refractivity contribution is -0.219. The molecule has 0 aromatic heterocycles. The molecule has 634 valence electrons. The van der Waals surface area contributed by atoms with Crippen LogP contribution in [0, 0.1) is 41.4 Å². The minimum atomic E-state index is -5.22. The van der Waals surface area contributed by atoms with Crippen LogP contribution in [-0.2, 0) is 62.3 Å². The molecule has 3 saturated heterocycles. The first-order valence-electron chi connectivity index (χ1n) is 40.6. The van der Waals surface area contributed by atoms with Crippen molar-refractivity contribution in [2.45, 2.75) is 291 Å². The van der Waals surface area contributed by atoms with Crippen LogP contribution in [0.15, 0.2) is 0 Å². The SMILES string of the molecule is CCO[C@@H]1C[C@H]2C(=O)NC3(CCC3)C(=O)N(C)[C@@H](C3CCCC3)C(=O)N(C)[C@H](C(=O)N(C)C)CC(=O)N(C)[C@@H](CC3CCCCC3Cl)C(=O)N[C@@H]([C@@H](C)CC)C(=O)N(C)CC(=O)N(C)[C@H]3CCCCCN(C3=O)[C@@H](CC3CCC(C(F)(F)F)CC3)C(=O)N(C)CC(=O)N[C@@H](CCC3CC(F)C(C(F)(F)F)C(F)C3)C(=O)N2C1. The van der Waals surface area contributed by atoms with Crippen molar-refractivity contribution in [1.82, 2.24) is 60.0 Å². The Kier molecular flexibility index (Phi) is 31.9. The Morgan fingerprint density at radius 2 is 1.21 bits per heavy atom. The molecule has 2 bridgehead atoms. The lowest BCUT2D eigenvalue weighted by atomic mass is 9.74. The predicted molar refractivity (Wildman–Crippen MR) is 398 cm³/mol. The molecule has 0 aromatic carbocycles. The number of rotatable bonds is 13. The van der Waals surface area contributed by atoms with Gasteiger partial charge in [0.2, 0.25) is 70.9 Å². The van der Waals surface area contributed by atoms with Crippen LogP contribution >= 0.6 is 11.6 Å². The van der Waals surface area contributed by atoms with Crippen molar-refractivity contribution in [2.75, 3.05) is 89.2 Å². The average molecular weight is 1620 g/mol. The van der Waals surface area contributed by atoms with Gasteiger partial charge in [-0.15, -0.1) is 11.6 Å². The third kappa shape index (κ3) is 21.9. The fraction of sp³-hybridized carbons (Fsp3) is 0.846. The number of hydrogen-bond donors (Lipinski definition) is 3.